The molecule has 3 rings (SSSR count). The van der Waals surface area contributed by atoms with Crippen molar-refractivity contribution in [1.29, 1.82) is 0 Å². The molecular formula is C11H14Cl2N4O. The van der Waals surface area contributed by atoms with E-state index in [1.54, 1.807) is 12.4 Å². The van der Waals surface area contributed by atoms with Crippen molar-refractivity contribution in [2.24, 2.45) is 0 Å². The summed E-state index contributed by atoms with van der Waals surface area (Å²) in [5.74, 6) is 1.24. The van der Waals surface area contributed by atoms with Gasteiger partial charge in [0.25, 0.3) is 0 Å². The van der Waals surface area contributed by atoms with Crippen molar-refractivity contribution in [3.8, 4) is 11.5 Å². The lowest BCUT2D eigenvalue weighted by Crippen LogP contribution is -2.54. The summed E-state index contributed by atoms with van der Waals surface area (Å²) in [7, 11) is 0. The van der Waals surface area contributed by atoms with Gasteiger partial charge in [-0.15, -0.1) is 35.0 Å². The molecule has 0 amide bonds. The van der Waals surface area contributed by atoms with Gasteiger partial charge in [-0.1, -0.05) is 0 Å². The highest BCUT2D eigenvalue weighted by Gasteiger charge is 2.38. The molecule has 2 aromatic heterocycles. The van der Waals surface area contributed by atoms with Crippen molar-refractivity contribution in [3.05, 3.63) is 30.4 Å². The van der Waals surface area contributed by atoms with E-state index in [-0.39, 0.29) is 30.2 Å². The standard InChI is InChI=1S/C11H12N4O.2ClH/c1-11(6-13-7-11)10-15-14-9(16-10)8-3-2-4-12-5-8;;/h2-5,13H,6-7H2,1H3;2*1H. The van der Waals surface area contributed by atoms with Crippen LogP contribution in [-0.2, 0) is 5.41 Å². The number of aromatic nitrogens is 3. The average molecular weight is 289 g/mol. The summed E-state index contributed by atoms with van der Waals surface area (Å²) < 4.78 is 5.67. The first-order valence-corrected chi connectivity index (χ1v) is 5.23. The fourth-order valence-corrected chi connectivity index (χ4v) is 1.72. The van der Waals surface area contributed by atoms with Crippen LogP contribution in [0.5, 0.6) is 0 Å². The van der Waals surface area contributed by atoms with Gasteiger partial charge in [0.05, 0.1) is 11.0 Å². The number of nitrogens with zero attached hydrogens (tertiary/aromatic N) is 3. The van der Waals surface area contributed by atoms with Crippen molar-refractivity contribution in [2.75, 3.05) is 13.1 Å². The van der Waals surface area contributed by atoms with Gasteiger partial charge in [0.15, 0.2) is 0 Å². The molecule has 1 fully saturated rings. The summed E-state index contributed by atoms with van der Waals surface area (Å²) in [5.41, 5.74) is 0.852. The molecule has 18 heavy (non-hydrogen) atoms. The Morgan fingerprint density at radius 3 is 2.61 bits per heavy atom. The first-order chi connectivity index (χ1) is 7.78. The van der Waals surface area contributed by atoms with Crippen LogP contribution in [-0.4, -0.2) is 28.3 Å². The third-order valence-corrected chi connectivity index (χ3v) is 2.88. The summed E-state index contributed by atoms with van der Waals surface area (Å²) >= 11 is 0. The zero-order chi connectivity index (χ0) is 11.0. The molecule has 98 valence electrons. The minimum atomic E-state index is -0.00649. The molecule has 1 aliphatic heterocycles. The van der Waals surface area contributed by atoms with Crippen LogP contribution in [0.2, 0.25) is 0 Å². The number of halogens is 2. The summed E-state index contributed by atoms with van der Waals surface area (Å²) in [6, 6.07) is 3.76. The number of pyridine rings is 1. The maximum atomic E-state index is 5.67. The minimum Gasteiger partial charge on any atom is -0.420 e. The fourth-order valence-electron chi connectivity index (χ4n) is 1.72. The number of hydrogen-bond acceptors (Lipinski definition) is 5. The van der Waals surface area contributed by atoms with E-state index < -0.39 is 0 Å². The molecule has 1 saturated heterocycles. The maximum Gasteiger partial charge on any atom is 0.249 e. The summed E-state index contributed by atoms with van der Waals surface area (Å²) in [4.78, 5) is 4.03. The van der Waals surface area contributed by atoms with Crippen LogP contribution in [0.4, 0.5) is 0 Å². The van der Waals surface area contributed by atoms with Gasteiger partial charge in [-0.25, -0.2) is 0 Å². The van der Waals surface area contributed by atoms with Crippen molar-refractivity contribution in [3.63, 3.8) is 0 Å². The van der Waals surface area contributed by atoms with Gasteiger partial charge in [-0.2, -0.15) is 0 Å². The van der Waals surface area contributed by atoms with Crippen LogP contribution < -0.4 is 5.32 Å². The second-order valence-corrected chi connectivity index (χ2v) is 4.32. The molecule has 2 aromatic rings. The number of hydrogen-bond donors (Lipinski definition) is 1. The molecule has 1 N–H and O–H groups in total. The van der Waals surface area contributed by atoms with E-state index >= 15 is 0 Å². The van der Waals surface area contributed by atoms with Gasteiger partial charge in [0, 0.05) is 25.5 Å². The zero-order valence-corrected chi connectivity index (χ0v) is 11.4. The Morgan fingerprint density at radius 1 is 1.28 bits per heavy atom. The molecule has 3 heterocycles. The Bertz CT molecular complexity index is 499. The molecule has 1 aliphatic rings. The third-order valence-electron chi connectivity index (χ3n) is 2.88. The predicted octanol–water partition coefficient (Wildman–Crippen LogP) is 1.84. The summed E-state index contributed by atoms with van der Waals surface area (Å²) in [6.45, 7) is 3.90. The lowest BCUT2D eigenvalue weighted by molar-refractivity contribution is 0.244. The van der Waals surface area contributed by atoms with E-state index in [0.717, 1.165) is 18.7 Å². The molecule has 0 aromatic carbocycles. The Labute approximate surface area is 117 Å². The largest absolute Gasteiger partial charge is 0.420 e. The van der Waals surface area contributed by atoms with E-state index in [2.05, 4.69) is 27.4 Å². The van der Waals surface area contributed by atoms with E-state index in [1.165, 1.54) is 0 Å². The average Bonchev–Trinajstić information content (AvgIpc) is 2.77. The van der Waals surface area contributed by atoms with Crippen molar-refractivity contribution in [1.82, 2.24) is 20.5 Å². The first kappa shape index (κ1) is 14.9. The van der Waals surface area contributed by atoms with Crippen molar-refractivity contribution < 1.29 is 4.42 Å². The normalized spacial score (nSPS) is 16.1. The fraction of sp³-hybridized carbons (Fsp3) is 0.364. The van der Waals surface area contributed by atoms with Gasteiger partial charge in [-0.3, -0.25) is 4.98 Å². The quantitative estimate of drug-likeness (QED) is 0.914. The SMILES string of the molecule is CC1(c2nnc(-c3cccnc3)o2)CNC1.Cl.Cl. The zero-order valence-electron chi connectivity index (χ0n) is 9.79. The molecule has 0 bridgehead atoms. The van der Waals surface area contributed by atoms with Crippen molar-refractivity contribution in [2.45, 2.75) is 12.3 Å². The molecule has 0 aliphatic carbocycles. The highest BCUT2D eigenvalue weighted by Crippen LogP contribution is 2.28. The van der Waals surface area contributed by atoms with Crippen LogP contribution in [0.3, 0.4) is 0 Å². The van der Waals surface area contributed by atoms with Crippen LogP contribution in [0.15, 0.2) is 28.9 Å². The Hall–Kier alpha value is -1.17. The molecule has 0 atom stereocenters. The monoisotopic (exact) mass is 288 g/mol. The van der Waals surface area contributed by atoms with Gasteiger partial charge in [0.2, 0.25) is 11.8 Å². The van der Waals surface area contributed by atoms with Gasteiger partial charge >= 0.3 is 0 Å². The smallest absolute Gasteiger partial charge is 0.249 e. The summed E-state index contributed by atoms with van der Waals surface area (Å²) in [5, 5.41) is 11.4. The van der Waals surface area contributed by atoms with Crippen LogP contribution in [0, 0.1) is 0 Å². The lowest BCUT2D eigenvalue weighted by Gasteiger charge is -2.35. The Morgan fingerprint density at radius 2 is 2.06 bits per heavy atom. The topological polar surface area (TPSA) is 63.8 Å². The molecule has 0 radical (unpaired) electrons. The second kappa shape index (κ2) is 5.65. The van der Waals surface area contributed by atoms with Gasteiger partial charge < -0.3 is 9.73 Å². The van der Waals surface area contributed by atoms with E-state index in [9.17, 15) is 0 Å². The molecule has 0 saturated carbocycles. The predicted molar refractivity (Wildman–Crippen MR) is 72.2 cm³/mol. The van der Waals surface area contributed by atoms with Crippen LogP contribution in [0.25, 0.3) is 11.5 Å². The number of rotatable bonds is 2. The Balaban J connectivity index is 0.000000810. The van der Waals surface area contributed by atoms with Crippen molar-refractivity contribution >= 4 is 24.8 Å². The third kappa shape index (κ3) is 2.48. The highest BCUT2D eigenvalue weighted by molar-refractivity contribution is 5.85. The lowest BCUT2D eigenvalue weighted by atomic mass is 9.84. The maximum absolute atomic E-state index is 5.67. The van der Waals surface area contributed by atoms with E-state index in [1.807, 2.05) is 12.1 Å². The van der Waals surface area contributed by atoms with Gasteiger partial charge in [0.1, 0.15) is 0 Å². The van der Waals surface area contributed by atoms with Crippen LogP contribution in [0.1, 0.15) is 12.8 Å². The summed E-state index contributed by atoms with van der Waals surface area (Å²) in [6.07, 6.45) is 3.44. The molecule has 5 nitrogen and oxygen atoms in total. The molecule has 7 heteroatoms. The number of nitrogens with one attached hydrogen (secondary N) is 1. The van der Waals surface area contributed by atoms with E-state index in [0.29, 0.717) is 11.8 Å². The van der Waals surface area contributed by atoms with E-state index in [4.69, 9.17) is 4.42 Å². The van der Waals surface area contributed by atoms with Gasteiger partial charge in [-0.05, 0) is 19.1 Å². The first-order valence-electron chi connectivity index (χ1n) is 5.23. The molecular weight excluding hydrogens is 275 g/mol. The Kier molecular flexibility index (Phi) is 4.67. The minimum absolute atomic E-state index is 0. The molecule has 0 unspecified atom stereocenters. The molecule has 0 spiro atoms. The van der Waals surface area contributed by atoms with Crippen LogP contribution >= 0.6 is 24.8 Å². The second-order valence-electron chi connectivity index (χ2n) is 4.32. The highest BCUT2D eigenvalue weighted by atomic mass is 35.5.